The highest BCUT2D eigenvalue weighted by atomic mass is 15.1. The first-order chi connectivity index (χ1) is 7.13. The second kappa shape index (κ2) is 5.40. The van der Waals surface area contributed by atoms with Crippen LogP contribution < -0.4 is 4.90 Å². The fourth-order valence-corrected chi connectivity index (χ4v) is 1.49. The summed E-state index contributed by atoms with van der Waals surface area (Å²) in [7, 11) is 0. The molecule has 1 aromatic rings. The summed E-state index contributed by atoms with van der Waals surface area (Å²) in [6.45, 7) is 10.9. The van der Waals surface area contributed by atoms with Crippen molar-refractivity contribution >= 4 is 5.69 Å². The van der Waals surface area contributed by atoms with E-state index in [0.29, 0.717) is 0 Å². The summed E-state index contributed by atoms with van der Waals surface area (Å²) in [5, 5.41) is 0. The Hall–Kier alpha value is -1.50. The second-order valence-corrected chi connectivity index (χ2v) is 3.99. The number of allylic oxidation sites excluding steroid dienone is 1. The lowest BCUT2D eigenvalue weighted by atomic mass is 10.2. The van der Waals surface area contributed by atoms with E-state index >= 15 is 0 Å². The minimum absolute atomic E-state index is 0.842. The molecule has 0 amide bonds. The molecule has 0 aromatic heterocycles. The summed E-state index contributed by atoms with van der Waals surface area (Å²) in [4.78, 5) is 2.20. The molecule has 1 nitrogen and oxygen atoms in total. The highest BCUT2D eigenvalue weighted by Crippen LogP contribution is 2.17. The van der Waals surface area contributed by atoms with E-state index in [-0.39, 0.29) is 0 Å². The summed E-state index contributed by atoms with van der Waals surface area (Å²) in [6.07, 6.45) is 4.07. The van der Waals surface area contributed by atoms with Crippen LogP contribution in [0.25, 0.3) is 0 Å². The molecule has 80 valence electrons. The maximum atomic E-state index is 3.78. The molecular formula is C14H19N. The fourth-order valence-electron chi connectivity index (χ4n) is 1.49. The van der Waals surface area contributed by atoms with Gasteiger partial charge in [0.05, 0.1) is 0 Å². The Bertz CT molecular complexity index is 359. The van der Waals surface area contributed by atoms with Crippen LogP contribution in [0.3, 0.4) is 0 Å². The second-order valence-electron chi connectivity index (χ2n) is 3.99. The third-order valence-electron chi connectivity index (χ3n) is 2.07. The Morgan fingerprint density at radius 1 is 1.40 bits per heavy atom. The van der Waals surface area contributed by atoms with Crippen LogP contribution in [0.15, 0.2) is 48.7 Å². The lowest BCUT2D eigenvalue weighted by molar-refractivity contribution is 1.07. The smallest absolute Gasteiger partial charge is 0.0411 e. The zero-order chi connectivity index (χ0) is 11.3. The van der Waals surface area contributed by atoms with Crippen LogP contribution in [-0.2, 0) is 0 Å². The van der Waals surface area contributed by atoms with Gasteiger partial charge >= 0.3 is 0 Å². The molecule has 0 saturated heterocycles. The third kappa shape index (κ3) is 3.62. The number of anilines is 1. The summed E-state index contributed by atoms with van der Waals surface area (Å²) in [5.41, 5.74) is 3.79. The molecule has 0 saturated carbocycles. The van der Waals surface area contributed by atoms with Gasteiger partial charge in [-0.1, -0.05) is 23.8 Å². The number of rotatable bonds is 4. The lowest BCUT2D eigenvalue weighted by Crippen LogP contribution is -2.16. The number of benzene rings is 1. The molecule has 1 rings (SSSR count). The van der Waals surface area contributed by atoms with Crippen molar-refractivity contribution in [2.45, 2.75) is 20.8 Å². The van der Waals surface area contributed by atoms with Crippen molar-refractivity contribution in [3.8, 4) is 0 Å². The molecule has 0 N–H and O–H groups in total. The van der Waals surface area contributed by atoms with E-state index < -0.39 is 0 Å². The van der Waals surface area contributed by atoms with E-state index in [0.717, 1.165) is 6.54 Å². The molecule has 0 aliphatic heterocycles. The van der Waals surface area contributed by atoms with Gasteiger partial charge in [-0.25, -0.2) is 0 Å². The highest BCUT2D eigenvalue weighted by Gasteiger charge is 2.00. The van der Waals surface area contributed by atoms with Gasteiger partial charge in [0.25, 0.3) is 0 Å². The van der Waals surface area contributed by atoms with Crippen LogP contribution in [0.4, 0.5) is 5.69 Å². The summed E-state index contributed by atoms with van der Waals surface area (Å²) in [6, 6.07) is 8.50. The van der Waals surface area contributed by atoms with E-state index in [1.54, 1.807) is 0 Å². The molecule has 0 aliphatic carbocycles. The first-order valence-electron chi connectivity index (χ1n) is 5.22. The van der Waals surface area contributed by atoms with Gasteiger partial charge in [-0.2, -0.15) is 0 Å². The molecule has 0 aliphatic rings. The lowest BCUT2D eigenvalue weighted by Gasteiger charge is -2.19. The molecule has 0 atom stereocenters. The average Bonchev–Trinajstić information content (AvgIpc) is 2.16. The predicted octanol–water partition coefficient (Wildman–Crippen LogP) is 3.91. The number of hydrogen-bond acceptors (Lipinski definition) is 1. The fraction of sp³-hybridized carbons (Fsp3) is 0.286. The minimum Gasteiger partial charge on any atom is -0.344 e. The summed E-state index contributed by atoms with van der Waals surface area (Å²) < 4.78 is 0. The van der Waals surface area contributed by atoms with Crippen LogP contribution in [0.2, 0.25) is 0 Å². The molecule has 0 fully saturated rings. The van der Waals surface area contributed by atoms with Crippen LogP contribution in [0.5, 0.6) is 0 Å². The standard InChI is InChI=1S/C14H19N/c1-5-9-15(11-12(2)3)14-8-6-7-13(4)10-14/h5-8,10-11H,1,9H2,2-4H3. The van der Waals surface area contributed by atoms with E-state index in [4.69, 9.17) is 0 Å². The highest BCUT2D eigenvalue weighted by molar-refractivity contribution is 5.51. The monoisotopic (exact) mass is 201 g/mol. The minimum atomic E-state index is 0.842. The van der Waals surface area contributed by atoms with Gasteiger partial charge in [-0.3, -0.25) is 0 Å². The van der Waals surface area contributed by atoms with Gasteiger partial charge in [0.15, 0.2) is 0 Å². The topological polar surface area (TPSA) is 3.24 Å². The Labute approximate surface area is 92.7 Å². The molecule has 0 bridgehead atoms. The van der Waals surface area contributed by atoms with E-state index in [9.17, 15) is 0 Å². The number of aryl methyl sites for hydroxylation is 1. The van der Waals surface area contributed by atoms with Crippen molar-refractivity contribution in [1.82, 2.24) is 0 Å². The van der Waals surface area contributed by atoms with Gasteiger partial charge in [0.1, 0.15) is 0 Å². The average molecular weight is 201 g/mol. The molecular weight excluding hydrogens is 182 g/mol. The van der Waals surface area contributed by atoms with Crippen LogP contribution in [0.1, 0.15) is 19.4 Å². The third-order valence-corrected chi connectivity index (χ3v) is 2.07. The number of nitrogens with zero attached hydrogens (tertiary/aromatic N) is 1. The molecule has 0 unspecified atom stereocenters. The Kier molecular flexibility index (Phi) is 4.17. The molecule has 0 heterocycles. The van der Waals surface area contributed by atoms with Crippen molar-refractivity contribution < 1.29 is 0 Å². The maximum Gasteiger partial charge on any atom is 0.0411 e. The maximum absolute atomic E-state index is 3.78. The Morgan fingerprint density at radius 3 is 2.67 bits per heavy atom. The van der Waals surface area contributed by atoms with Gasteiger partial charge in [-0.15, -0.1) is 6.58 Å². The van der Waals surface area contributed by atoms with Crippen molar-refractivity contribution in [3.05, 3.63) is 54.3 Å². The first kappa shape index (κ1) is 11.6. The normalized spacial score (nSPS) is 9.53. The zero-order valence-corrected chi connectivity index (χ0v) is 9.83. The van der Waals surface area contributed by atoms with E-state index in [1.807, 2.05) is 6.08 Å². The molecule has 0 radical (unpaired) electrons. The Balaban J connectivity index is 2.98. The van der Waals surface area contributed by atoms with Crippen LogP contribution in [-0.4, -0.2) is 6.54 Å². The number of hydrogen-bond donors (Lipinski definition) is 0. The quantitative estimate of drug-likeness (QED) is 0.667. The van der Waals surface area contributed by atoms with E-state index in [1.165, 1.54) is 16.8 Å². The largest absolute Gasteiger partial charge is 0.344 e. The van der Waals surface area contributed by atoms with Crippen molar-refractivity contribution in [2.75, 3.05) is 11.4 Å². The van der Waals surface area contributed by atoms with Crippen LogP contribution >= 0.6 is 0 Å². The van der Waals surface area contributed by atoms with Crippen LogP contribution in [0, 0.1) is 6.92 Å². The van der Waals surface area contributed by atoms with Crippen molar-refractivity contribution in [2.24, 2.45) is 0 Å². The molecule has 15 heavy (non-hydrogen) atoms. The van der Waals surface area contributed by atoms with Gasteiger partial charge in [-0.05, 0) is 38.5 Å². The van der Waals surface area contributed by atoms with Crippen molar-refractivity contribution in [3.63, 3.8) is 0 Å². The summed E-state index contributed by atoms with van der Waals surface area (Å²) >= 11 is 0. The van der Waals surface area contributed by atoms with Gasteiger partial charge in [0, 0.05) is 18.4 Å². The van der Waals surface area contributed by atoms with Gasteiger partial charge in [0.2, 0.25) is 0 Å². The summed E-state index contributed by atoms with van der Waals surface area (Å²) in [5.74, 6) is 0. The zero-order valence-electron chi connectivity index (χ0n) is 9.83. The van der Waals surface area contributed by atoms with Crippen molar-refractivity contribution in [1.29, 1.82) is 0 Å². The molecule has 1 aromatic carbocycles. The molecule has 1 heteroatoms. The first-order valence-corrected chi connectivity index (χ1v) is 5.22. The van der Waals surface area contributed by atoms with Gasteiger partial charge < -0.3 is 4.90 Å². The Morgan fingerprint density at radius 2 is 2.13 bits per heavy atom. The molecule has 0 spiro atoms. The predicted molar refractivity (Wildman–Crippen MR) is 68.2 cm³/mol. The van der Waals surface area contributed by atoms with E-state index in [2.05, 4.69) is 62.7 Å². The SMILES string of the molecule is C=CCN(C=C(C)C)c1cccc(C)c1.